The summed E-state index contributed by atoms with van der Waals surface area (Å²) >= 11 is 6.01. The number of hydrogen-bond acceptors (Lipinski definition) is 4. The van der Waals surface area contributed by atoms with Crippen LogP contribution in [0.4, 0.5) is 5.69 Å². The van der Waals surface area contributed by atoms with Crippen molar-refractivity contribution in [2.45, 2.75) is 20.5 Å². The normalized spacial score (nSPS) is 10.7. The Morgan fingerprint density at radius 1 is 0.968 bits per heavy atom. The molecule has 0 bridgehead atoms. The molecule has 0 unspecified atom stereocenters. The number of hydrogen-bond donors (Lipinski definition) is 2. The third-order valence-corrected chi connectivity index (χ3v) is 4.92. The van der Waals surface area contributed by atoms with Crippen molar-refractivity contribution in [3.05, 3.63) is 94.0 Å². The molecule has 0 spiro atoms. The van der Waals surface area contributed by atoms with E-state index in [2.05, 4.69) is 15.8 Å². The number of benzene rings is 3. The topological polar surface area (TPSA) is 79.8 Å². The van der Waals surface area contributed by atoms with Crippen LogP contribution in [-0.2, 0) is 16.2 Å². The van der Waals surface area contributed by atoms with Crippen molar-refractivity contribution < 1.29 is 14.3 Å². The van der Waals surface area contributed by atoms with E-state index in [1.807, 2.05) is 43.3 Å². The molecule has 6 nitrogen and oxygen atoms in total. The maximum atomic E-state index is 12.0. The van der Waals surface area contributed by atoms with E-state index in [1.54, 1.807) is 37.3 Å². The predicted octanol–water partition coefficient (Wildman–Crippen LogP) is 4.62. The summed E-state index contributed by atoms with van der Waals surface area (Å²) in [5, 5.41) is 6.84. The number of carbonyl (C=O) groups excluding carboxylic acids is 2. The minimum atomic E-state index is -0.881. The number of anilines is 1. The van der Waals surface area contributed by atoms with Crippen LogP contribution in [0, 0.1) is 13.8 Å². The molecule has 0 radical (unpaired) electrons. The van der Waals surface area contributed by atoms with Crippen LogP contribution in [0.25, 0.3) is 0 Å². The molecule has 31 heavy (non-hydrogen) atoms. The van der Waals surface area contributed by atoms with E-state index in [1.165, 1.54) is 11.8 Å². The first-order chi connectivity index (χ1) is 14.9. The number of amides is 2. The van der Waals surface area contributed by atoms with Gasteiger partial charge in [-0.25, -0.2) is 5.43 Å². The average molecular weight is 436 g/mol. The zero-order valence-corrected chi connectivity index (χ0v) is 17.9. The molecule has 0 saturated carbocycles. The molecule has 0 aromatic heterocycles. The zero-order chi connectivity index (χ0) is 22.2. The van der Waals surface area contributed by atoms with Crippen LogP contribution in [0.1, 0.15) is 22.3 Å². The molecule has 7 heteroatoms. The third kappa shape index (κ3) is 6.42. The van der Waals surface area contributed by atoms with Crippen LogP contribution in [-0.4, -0.2) is 18.0 Å². The summed E-state index contributed by atoms with van der Waals surface area (Å²) in [5.41, 5.74) is 6.39. The number of nitrogens with one attached hydrogen (secondary N) is 2. The highest BCUT2D eigenvalue weighted by atomic mass is 35.5. The van der Waals surface area contributed by atoms with Gasteiger partial charge in [-0.15, -0.1) is 0 Å². The zero-order valence-electron chi connectivity index (χ0n) is 17.2. The fraction of sp³-hybridized carbons (Fsp3) is 0.125. The lowest BCUT2D eigenvalue weighted by Gasteiger charge is -2.08. The molecule has 3 aromatic rings. The molecule has 0 fully saturated rings. The predicted molar refractivity (Wildman–Crippen MR) is 123 cm³/mol. The van der Waals surface area contributed by atoms with E-state index in [0.29, 0.717) is 22.9 Å². The highest BCUT2D eigenvalue weighted by Gasteiger charge is 2.14. The second-order valence-corrected chi connectivity index (χ2v) is 7.32. The lowest BCUT2D eigenvalue weighted by atomic mass is 10.2. The van der Waals surface area contributed by atoms with Crippen LogP contribution >= 0.6 is 11.6 Å². The summed E-state index contributed by atoms with van der Waals surface area (Å²) in [6, 6.07) is 20.4. The summed E-state index contributed by atoms with van der Waals surface area (Å²) in [5.74, 6) is -0.992. The first kappa shape index (κ1) is 22.1. The standard InChI is InChI=1S/C24H22ClN3O3/c1-16-6-8-19(9-7-16)15-31-20-12-10-18(11-13-20)14-26-28-24(30)23(29)27-22-5-3-4-21(25)17(22)2/h3-14H,15H2,1-2H3,(H,27,29)(H,28,30)/b26-14+. The summed E-state index contributed by atoms with van der Waals surface area (Å²) in [7, 11) is 0. The molecule has 0 atom stereocenters. The highest BCUT2D eigenvalue weighted by molar-refractivity contribution is 6.40. The molecule has 3 aromatic carbocycles. The SMILES string of the molecule is Cc1ccc(COc2ccc(/C=N/NC(=O)C(=O)Nc3cccc(Cl)c3C)cc2)cc1. The van der Waals surface area contributed by atoms with Crippen molar-refractivity contribution >= 4 is 35.3 Å². The number of ether oxygens (including phenoxy) is 1. The largest absolute Gasteiger partial charge is 0.489 e. The number of nitrogens with zero attached hydrogens (tertiary/aromatic N) is 1. The second kappa shape index (κ2) is 10.4. The van der Waals surface area contributed by atoms with E-state index in [4.69, 9.17) is 16.3 Å². The first-order valence-electron chi connectivity index (χ1n) is 9.60. The molecule has 3 rings (SSSR count). The fourth-order valence-corrected chi connectivity index (χ4v) is 2.81. The monoisotopic (exact) mass is 435 g/mol. The molecule has 0 aliphatic carbocycles. The molecular formula is C24H22ClN3O3. The Balaban J connectivity index is 1.48. The average Bonchev–Trinajstić information content (AvgIpc) is 2.77. The summed E-state index contributed by atoms with van der Waals surface area (Å²) in [6.07, 6.45) is 1.44. The van der Waals surface area contributed by atoms with Gasteiger partial charge in [-0.1, -0.05) is 47.5 Å². The lowest BCUT2D eigenvalue weighted by Crippen LogP contribution is -2.32. The van der Waals surface area contributed by atoms with E-state index in [9.17, 15) is 9.59 Å². The Hall–Kier alpha value is -3.64. The quantitative estimate of drug-likeness (QED) is 0.336. The van der Waals surface area contributed by atoms with Crippen molar-refractivity contribution in [2.24, 2.45) is 5.10 Å². The molecule has 2 amide bonds. The van der Waals surface area contributed by atoms with Crippen LogP contribution in [0.2, 0.25) is 5.02 Å². The maximum absolute atomic E-state index is 12.0. The van der Waals surface area contributed by atoms with Gasteiger partial charge in [0.05, 0.1) is 6.21 Å². The Bertz CT molecular complexity index is 1090. The minimum Gasteiger partial charge on any atom is -0.489 e. The van der Waals surface area contributed by atoms with Gasteiger partial charge >= 0.3 is 11.8 Å². The van der Waals surface area contributed by atoms with E-state index >= 15 is 0 Å². The Kier molecular flexibility index (Phi) is 7.40. The van der Waals surface area contributed by atoms with Crippen molar-refractivity contribution in [3.63, 3.8) is 0 Å². The highest BCUT2D eigenvalue weighted by Crippen LogP contribution is 2.22. The van der Waals surface area contributed by atoms with Gasteiger partial charge in [-0.3, -0.25) is 9.59 Å². The summed E-state index contributed by atoms with van der Waals surface area (Å²) in [4.78, 5) is 24.0. The molecule has 0 aliphatic heterocycles. The number of hydrazone groups is 1. The van der Waals surface area contributed by atoms with Crippen LogP contribution in [0.5, 0.6) is 5.75 Å². The van der Waals surface area contributed by atoms with Crippen LogP contribution in [0.15, 0.2) is 71.8 Å². The maximum Gasteiger partial charge on any atom is 0.329 e. The molecule has 0 aliphatic rings. The van der Waals surface area contributed by atoms with Crippen LogP contribution in [0.3, 0.4) is 0 Å². The number of carbonyl (C=O) groups is 2. The van der Waals surface area contributed by atoms with Crippen molar-refractivity contribution in [1.29, 1.82) is 0 Å². The smallest absolute Gasteiger partial charge is 0.329 e. The van der Waals surface area contributed by atoms with Gasteiger partial charge in [0.2, 0.25) is 0 Å². The summed E-state index contributed by atoms with van der Waals surface area (Å²) < 4.78 is 5.76. The number of aryl methyl sites for hydroxylation is 1. The van der Waals surface area contributed by atoms with Crippen molar-refractivity contribution in [2.75, 3.05) is 5.32 Å². The Labute approximate surface area is 185 Å². The molecule has 158 valence electrons. The third-order valence-electron chi connectivity index (χ3n) is 4.51. The van der Waals surface area contributed by atoms with Crippen molar-refractivity contribution in [3.8, 4) is 5.75 Å². The van der Waals surface area contributed by atoms with Gasteiger partial charge in [0.25, 0.3) is 0 Å². The Morgan fingerprint density at radius 2 is 1.68 bits per heavy atom. The fourth-order valence-electron chi connectivity index (χ4n) is 2.64. The van der Waals surface area contributed by atoms with E-state index in [0.717, 1.165) is 16.9 Å². The van der Waals surface area contributed by atoms with Gasteiger partial charge in [0.15, 0.2) is 0 Å². The van der Waals surface area contributed by atoms with Crippen LogP contribution < -0.4 is 15.5 Å². The van der Waals surface area contributed by atoms with Gasteiger partial charge in [-0.05, 0) is 66.9 Å². The molecule has 2 N–H and O–H groups in total. The second-order valence-electron chi connectivity index (χ2n) is 6.91. The van der Waals surface area contributed by atoms with E-state index < -0.39 is 11.8 Å². The first-order valence-corrected chi connectivity index (χ1v) is 9.98. The van der Waals surface area contributed by atoms with Gasteiger partial charge in [-0.2, -0.15) is 5.10 Å². The van der Waals surface area contributed by atoms with Gasteiger partial charge in [0.1, 0.15) is 12.4 Å². The molecule has 0 heterocycles. The summed E-state index contributed by atoms with van der Waals surface area (Å²) in [6.45, 7) is 4.27. The van der Waals surface area contributed by atoms with E-state index in [-0.39, 0.29) is 0 Å². The minimum absolute atomic E-state index is 0.470. The number of rotatable bonds is 6. The lowest BCUT2D eigenvalue weighted by molar-refractivity contribution is -0.136. The van der Waals surface area contributed by atoms with Gasteiger partial charge < -0.3 is 10.1 Å². The Morgan fingerprint density at radius 3 is 2.39 bits per heavy atom. The van der Waals surface area contributed by atoms with Crippen molar-refractivity contribution in [1.82, 2.24) is 5.43 Å². The van der Waals surface area contributed by atoms with Gasteiger partial charge in [0, 0.05) is 10.7 Å². The molecular weight excluding hydrogens is 414 g/mol. The number of halogens is 1. The molecule has 0 saturated heterocycles.